The van der Waals surface area contributed by atoms with Crippen molar-refractivity contribution < 1.29 is 118 Å². The van der Waals surface area contributed by atoms with Gasteiger partial charge in [0, 0.05) is 17.9 Å². The molecule has 1 aliphatic heterocycles. The van der Waals surface area contributed by atoms with Gasteiger partial charge < -0.3 is 54.4 Å². The van der Waals surface area contributed by atoms with Crippen LogP contribution in [0.15, 0.2) is 11.6 Å². The van der Waals surface area contributed by atoms with Gasteiger partial charge in [-0.1, -0.05) is 53.2 Å². The summed E-state index contributed by atoms with van der Waals surface area (Å²) in [7, 11) is 1.50. The Balaban J connectivity index is 0.000000707. The number of esters is 1. The maximum Gasteiger partial charge on any atom is 1.00 e. The molecule has 4 N–H and O–H groups in total. The van der Waals surface area contributed by atoms with Crippen molar-refractivity contribution in [2.75, 3.05) is 13.7 Å². The van der Waals surface area contributed by atoms with E-state index in [1.165, 1.54) is 12.7 Å². The minimum Gasteiger partial charge on any atom is -0.550 e. The molecule has 0 amide bonds. The van der Waals surface area contributed by atoms with Crippen LogP contribution >= 0.6 is 0 Å². The van der Waals surface area contributed by atoms with E-state index >= 15 is 0 Å². The second kappa shape index (κ2) is 17.3. The molecule has 1 saturated heterocycles. The minimum absolute atomic E-state index is 0. The molecular formula is C40H62Na2O12. The van der Waals surface area contributed by atoms with Crippen molar-refractivity contribution in [2.45, 2.75) is 155 Å². The molecule has 5 aliphatic carbocycles. The molecule has 14 heteroatoms. The van der Waals surface area contributed by atoms with E-state index in [1.807, 2.05) is 6.92 Å². The average molecular weight is 781 g/mol. The maximum absolute atomic E-state index is 13.6. The largest absolute Gasteiger partial charge is 1.00 e. The summed E-state index contributed by atoms with van der Waals surface area (Å²) in [6, 6.07) is 0. The van der Waals surface area contributed by atoms with Crippen LogP contribution in [0.3, 0.4) is 0 Å². The molecule has 296 valence electrons. The average Bonchev–Trinajstić information content (AvgIpc) is 3.07. The monoisotopic (exact) mass is 780 g/mol. The zero-order chi connectivity index (χ0) is 38.8. The number of carbonyl (C=O) groups excluding carboxylic acids is 3. The molecule has 0 spiro atoms. The van der Waals surface area contributed by atoms with Gasteiger partial charge in [0.15, 0.2) is 6.29 Å². The van der Waals surface area contributed by atoms with Crippen molar-refractivity contribution in [3.63, 3.8) is 0 Å². The van der Waals surface area contributed by atoms with Gasteiger partial charge in [-0.3, -0.25) is 4.79 Å². The van der Waals surface area contributed by atoms with Gasteiger partial charge in [-0.15, -0.1) is 0 Å². The predicted molar refractivity (Wildman–Crippen MR) is 184 cm³/mol. The molecule has 1 heterocycles. The van der Waals surface area contributed by atoms with Gasteiger partial charge in [0.2, 0.25) is 0 Å². The topological polar surface area (TPSA) is 206 Å². The minimum atomic E-state index is -1.37. The Morgan fingerprint density at radius 3 is 2.04 bits per heavy atom. The van der Waals surface area contributed by atoms with E-state index in [2.05, 4.69) is 47.6 Å². The predicted octanol–water partition coefficient (Wildman–Crippen LogP) is -3.97. The first kappa shape index (κ1) is 48.3. The quantitative estimate of drug-likeness (QED) is 0.0883. The summed E-state index contributed by atoms with van der Waals surface area (Å²) in [5.41, 5.74) is -0.632. The van der Waals surface area contributed by atoms with E-state index in [1.54, 1.807) is 0 Å². The molecule has 0 bridgehead atoms. The van der Waals surface area contributed by atoms with Crippen molar-refractivity contribution in [1.82, 2.24) is 0 Å². The number of hydrogen-bond donors (Lipinski definition) is 4. The second-order valence-corrected chi connectivity index (χ2v) is 18.5. The van der Waals surface area contributed by atoms with Crippen molar-refractivity contribution in [3.8, 4) is 0 Å². The fraction of sp³-hybridized carbons (Fsp3) is 0.875. The Kier molecular flexibility index (Phi) is 15.4. The van der Waals surface area contributed by atoms with Gasteiger partial charge in [0.1, 0.15) is 18.3 Å². The van der Waals surface area contributed by atoms with E-state index in [0.717, 1.165) is 57.8 Å². The number of carboxylic acid groups (broad SMARTS) is 2. The van der Waals surface area contributed by atoms with Gasteiger partial charge in [-0.2, -0.15) is 0 Å². The third kappa shape index (κ3) is 7.85. The summed E-state index contributed by atoms with van der Waals surface area (Å²) < 4.78 is 17.6. The number of fused-ring (bicyclic) bond motifs is 7. The van der Waals surface area contributed by atoms with Crippen LogP contribution in [0.4, 0.5) is 0 Å². The van der Waals surface area contributed by atoms with Crippen molar-refractivity contribution in [1.29, 1.82) is 0 Å². The summed E-state index contributed by atoms with van der Waals surface area (Å²) in [6.45, 7) is 16.1. The molecule has 2 unspecified atom stereocenters. The number of aliphatic hydroxyl groups excluding tert-OH is 3. The normalized spacial score (nSPS) is 46.1. The molecule has 4 saturated carbocycles. The third-order valence-electron chi connectivity index (χ3n) is 15.9. The number of carbonyl (C=O) groups is 3. The van der Waals surface area contributed by atoms with Crippen LogP contribution in [0.5, 0.6) is 0 Å². The van der Waals surface area contributed by atoms with Gasteiger partial charge in [-0.25, -0.2) is 0 Å². The maximum atomic E-state index is 13.6. The molecule has 12 nitrogen and oxygen atoms in total. The molecule has 6 aliphatic rings. The van der Waals surface area contributed by atoms with E-state index in [0.29, 0.717) is 11.8 Å². The van der Waals surface area contributed by atoms with Gasteiger partial charge >= 0.3 is 65.1 Å². The van der Waals surface area contributed by atoms with E-state index in [-0.39, 0.29) is 111 Å². The molecule has 0 radical (unpaired) electrons. The Labute approximate surface area is 365 Å². The van der Waals surface area contributed by atoms with Crippen molar-refractivity contribution >= 4 is 17.9 Å². The zero-order valence-corrected chi connectivity index (χ0v) is 38.3. The second-order valence-electron chi connectivity index (χ2n) is 18.5. The molecule has 6 rings (SSSR count). The summed E-state index contributed by atoms with van der Waals surface area (Å²) in [4.78, 5) is 32.6. The molecule has 0 aromatic heterocycles. The number of aliphatic carboxylic acids is 2. The standard InChI is InChI=1S/C36H58O8.C4H6O4.2Na/c1-20-11-16-36(30(40)42-8)18-17-33(5)21(28(36)35(20,7)41)9-10-24-32(4)14-13-25(31(2,3)23(32)12-15-34(24,33)6)44-29-27(39)26(38)22(37)19-43-29;5-3(6)1-2-4(7)8;;/h9,20,22-29,37-39,41H,10-19H2,1-8H3;1-2H2,(H,5,6)(H,7,8);;/q;;2*+1/p-2/t20-,22+,23?,24?,25+,26+,27-,28-,29+,32+,33-,34-,35-,36+;;;/m1.../s1. The van der Waals surface area contributed by atoms with Crippen molar-refractivity contribution in [2.24, 2.45) is 50.7 Å². The summed E-state index contributed by atoms with van der Waals surface area (Å²) in [5, 5.41) is 62.0. The van der Waals surface area contributed by atoms with Gasteiger partial charge in [0.25, 0.3) is 0 Å². The first-order chi connectivity index (χ1) is 24.0. The molecule has 5 fully saturated rings. The number of allylic oxidation sites excluding steroid dienone is 1. The van der Waals surface area contributed by atoms with E-state index in [9.17, 15) is 45.0 Å². The van der Waals surface area contributed by atoms with Crippen LogP contribution in [0.2, 0.25) is 0 Å². The first-order valence-corrected chi connectivity index (χ1v) is 19.3. The Morgan fingerprint density at radius 2 is 1.46 bits per heavy atom. The number of hydrogen-bond acceptors (Lipinski definition) is 12. The van der Waals surface area contributed by atoms with Crippen LogP contribution in [-0.4, -0.2) is 88.4 Å². The van der Waals surface area contributed by atoms with Crippen LogP contribution in [-0.2, 0) is 28.6 Å². The zero-order valence-electron chi connectivity index (χ0n) is 34.3. The number of rotatable bonds is 6. The number of ether oxygens (including phenoxy) is 3. The number of aliphatic hydroxyl groups is 4. The Bertz CT molecular complexity index is 1410. The van der Waals surface area contributed by atoms with Crippen LogP contribution in [0.1, 0.15) is 119 Å². The van der Waals surface area contributed by atoms with E-state index in [4.69, 9.17) is 14.2 Å². The van der Waals surface area contributed by atoms with Crippen LogP contribution in [0, 0.1) is 50.7 Å². The number of carboxylic acids is 2. The van der Waals surface area contributed by atoms with Crippen molar-refractivity contribution in [3.05, 3.63) is 11.6 Å². The first-order valence-electron chi connectivity index (χ1n) is 19.3. The van der Waals surface area contributed by atoms with Crippen LogP contribution < -0.4 is 69.3 Å². The van der Waals surface area contributed by atoms with E-state index < -0.39 is 60.4 Å². The SMILES string of the molecule is COC(=O)[C@]12CC[C@@H](C)[C@@](C)(O)[C@H]1C1=CCC3[C@@]4(C)CC[C@H](O[C@@H]5OC[C@H](O)[C@H](O)[C@H]5O)C(C)(C)C4CC[C@@]3(C)[C@]1(C)CC2.O=C([O-])CCC(=O)[O-].[Na+].[Na+]. The summed E-state index contributed by atoms with van der Waals surface area (Å²) >= 11 is 0. The molecule has 0 aromatic rings. The number of methoxy groups -OCH3 is 1. The molecule has 0 aromatic carbocycles. The molecular weight excluding hydrogens is 718 g/mol. The summed E-state index contributed by atoms with van der Waals surface area (Å²) in [5.74, 6) is -2.22. The molecule has 14 atom stereocenters. The fourth-order valence-corrected chi connectivity index (χ4v) is 12.5. The van der Waals surface area contributed by atoms with Crippen LogP contribution in [0.25, 0.3) is 0 Å². The van der Waals surface area contributed by atoms with Gasteiger partial charge in [0.05, 0.1) is 30.8 Å². The summed E-state index contributed by atoms with van der Waals surface area (Å²) in [6.07, 6.45) is 4.82. The Morgan fingerprint density at radius 1 is 0.852 bits per heavy atom. The smallest absolute Gasteiger partial charge is 0.550 e. The van der Waals surface area contributed by atoms with Gasteiger partial charge in [-0.05, 0) is 117 Å². The Hall–Kier alpha value is -0.0900. The fourth-order valence-electron chi connectivity index (χ4n) is 12.5. The molecule has 54 heavy (non-hydrogen) atoms. The third-order valence-corrected chi connectivity index (χ3v) is 15.9.